The van der Waals surface area contributed by atoms with Gasteiger partial charge in [0.15, 0.2) is 5.69 Å². The van der Waals surface area contributed by atoms with E-state index in [4.69, 9.17) is 0 Å². The van der Waals surface area contributed by atoms with Crippen molar-refractivity contribution in [3.05, 3.63) is 93.4 Å². The number of aromatic amines is 1. The molecule has 0 radical (unpaired) electrons. The van der Waals surface area contributed by atoms with Gasteiger partial charge in [-0.05, 0) is 23.3 Å². The zero-order valence-corrected chi connectivity index (χ0v) is 13.7. The lowest BCUT2D eigenvalue weighted by Gasteiger charge is -2.08. The number of carbonyl (C=O) groups excluding carboxylic acids is 1. The lowest BCUT2D eigenvalue weighted by atomic mass is 10.1. The molecular formula is C19H16FN3O3. The molecule has 0 atom stereocenters. The molecule has 0 aliphatic heterocycles. The average Bonchev–Trinajstić information content (AvgIpc) is 2.63. The van der Waals surface area contributed by atoms with E-state index in [2.05, 4.69) is 15.3 Å². The highest BCUT2D eigenvalue weighted by molar-refractivity contribution is 5.94. The lowest BCUT2D eigenvalue weighted by molar-refractivity contribution is 0.0942. The molecule has 3 rings (SSSR count). The molecule has 0 saturated carbocycles. The standard InChI is InChI=1S/C19H16FN3O3/c20-14-8-4-7-13(9-14)11-21-18(25)16-17(24)19(26)23-15(22-16)10-12-5-2-1-3-6-12/h1-9,24H,10-11H2,(H,21,25)(H,22,23,26). The zero-order valence-electron chi connectivity index (χ0n) is 13.7. The number of hydrogen-bond donors (Lipinski definition) is 3. The number of amides is 1. The van der Waals surface area contributed by atoms with Crippen LogP contribution < -0.4 is 10.9 Å². The van der Waals surface area contributed by atoms with Gasteiger partial charge in [0.25, 0.3) is 11.5 Å². The van der Waals surface area contributed by atoms with Crippen molar-refractivity contribution in [2.45, 2.75) is 13.0 Å². The molecule has 6 nitrogen and oxygen atoms in total. The highest BCUT2D eigenvalue weighted by atomic mass is 19.1. The van der Waals surface area contributed by atoms with Crippen molar-refractivity contribution in [2.24, 2.45) is 0 Å². The van der Waals surface area contributed by atoms with Crippen LogP contribution >= 0.6 is 0 Å². The Kier molecular flexibility index (Phi) is 5.07. The molecule has 0 saturated heterocycles. The van der Waals surface area contributed by atoms with Crippen molar-refractivity contribution in [3.8, 4) is 5.75 Å². The van der Waals surface area contributed by atoms with Crippen LogP contribution in [-0.4, -0.2) is 21.0 Å². The monoisotopic (exact) mass is 353 g/mol. The first-order chi connectivity index (χ1) is 12.5. The molecule has 0 aliphatic carbocycles. The number of carbonyl (C=O) groups is 1. The van der Waals surface area contributed by atoms with Gasteiger partial charge in [0, 0.05) is 13.0 Å². The summed E-state index contributed by atoms with van der Waals surface area (Å²) in [5.41, 5.74) is 0.289. The number of nitrogens with zero attached hydrogens (tertiary/aromatic N) is 1. The van der Waals surface area contributed by atoms with E-state index in [0.717, 1.165) is 5.56 Å². The van der Waals surface area contributed by atoms with E-state index in [1.165, 1.54) is 18.2 Å². The fourth-order valence-corrected chi connectivity index (χ4v) is 2.46. The molecule has 7 heteroatoms. The number of H-pyrrole nitrogens is 1. The van der Waals surface area contributed by atoms with Gasteiger partial charge >= 0.3 is 0 Å². The van der Waals surface area contributed by atoms with Crippen molar-refractivity contribution in [3.63, 3.8) is 0 Å². The van der Waals surface area contributed by atoms with Gasteiger partial charge in [0.2, 0.25) is 5.75 Å². The van der Waals surface area contributed by atoms with Crippen molar-refractivity contribution in [1.82, 2.24) is 15.3 Å². The van der Waals surface area contributed by atoms with Crippen molar-refractivity contribution in [1.29, 1.82) is 0 Å². The maximum Gasteiger partial charge on any atom is 0.293 e. The Balaban J connectivity index is 1.79. The van der Waals surface area contributed by atoms with E-state index in [9.17, 15) is 19.1 Å². The first-order valence-electron chi connectivity index (χ1n) is 7.91. The van der Waals surface area contributed by atoms with Crippen LogP contribution in [0, 0.1) is 5.82 Å². The first-order valence-corrected chi connectivity index (χ1v) is 7.91. The molecule has 0 aliphatic rings. The molecule has 0 bridgehead atoms. The highest BCUT2D eigenvalue weighted by Crippen LogP contribution is 2.11. The number of halogens is 1. The number of hydrogen-bond acceptors (Lipinski definition) is 4. The van der Waals surface area contributed by atoms with Gasteiger partial charge in [0.05, 0.1) is 0 Å². The molecule has 1 amide bonds. The van der Waals surface area contributed by atoms with Crippen LogP contribution in [0.15, 0.2) is 59.4 Å². The Bertz CT molecular complexity index is 987. The van der Waals surface area contributed by atoms with Crippen LogP contribution in [0.25, 0.3) is 0 Å². The summed E-state index contributed by atoms with van der Waals surface area (Å²) in [7, 11) is 0. The molecule has 1 aromatic heterocycles. The largest absolute Gasteiger partial charge is 0.501 e. The minimum absolute atomic E-state index is 0.0402. The minimum Gasteiger partial charge on any atom is -0.501 e. The Morgan fingerprint density at radius 1 is 1.12 bits per heavy atom. The summed E-state index contributed by atoms with van der Waals surface area (Å²) in [5, 5.41) is 12.4. The summed E-state index contributed by atoms with van der Waals surface area (Å²) in [4.78, 5) is 30.7. The van der Waals surface area contributed by atoms with Crippen molar-refractivity contribution < 1.29 is 14.3 Å². The van der Waals surface area contributed by atoms with E-state index in [1.54, 1.807) is 6.07 Å². The van der Waals surface area contributed by atoms with Gasteiger partial charge in [-0.15, -0.1) is 0 Å². The smallest absolute Gasteiger partial charge is 0.293 e. The van der Waals surface area contributed by atoms with Gasteiger partial charge in [0.1, 0.15) is 11.6 Å². The highest BCUT2D eigenvalue weighted by Gasteiger charge is 2.18. The molecule has 0 fully saturated rings. The predicted molar refractivity (Wildman–Crippen MR) is 93.3 cm³/mol. The molecule has 0 unspecified atom stereocenters. The maximum atomic E-state index is 13.2. The summed E-state index contributed by atoms with van der Waals surface area (Å²) in [6, 6.07) is 15.0. The van der Waals surface area contributed by atoms with Crippen LogP contribution in [0.2, 0.25) is 0 Å². The van der Waals surface area contributed by atoms with Crippen molar-refractivity contribution in [2.75, 3.05) is 0 Å². The first kappa shape index (κ1) is 17.3. The average molecular weight is 353 g/mol. The Labute approximate surface area is 148 Å². The molecule has 3 N–H and O–H groups in total. The summed E-state index contributed by atoms with van der Waals surface area (Å²) >= 11 is 0. The molecule has 0 spiro atoms. The van der Waals surface area contributed by atoms with E-state index in [0.29, 0.717) is 12.0 Å². The topological polar surface area (TPSA) is 95.1 Å². The van der Waals surface area contributed by atoms with E-state index in [-0.39, 0.29) is 18.1 Å². The molecule has 26 heavy (non-hydrogen) atoms. The fourth-order valence-electron chi connectivity index (χ4n) is 2.46. The quantitative estimate of drug-likeness (QED) is 0.655. The number of benzene rings is 2. The van der Waals surface area contributed by atoms with Crippen LogP contribution in [0.5, 0.6) is 5.75 Å². The second-order valence-corrected chi connectivity index (χ2v) is 5.68. The second-order valence-electron chi connectivity index (χ2n) is 5.68. The fraction of sp³-hybridized carbons (Fsp3) is 0.105. The van der Waals surface area contributed by atoms with Gasteiger partial charge in [-0.1, -0.05) is 42.5 Å². The van der Waals surface area contributed by atoms with Gasteiger partial charge < -0.3 is 15.4 Å². The third kappa shape index (κ3) is 4.13. The van der Waals surface area contributed by atoms with Gasteiger partial charge in [-0.2, -0.15) is 0 Å². The van der Waals surface area contributed by atoms with Crippen LogP contribution in [-0.2, 0) is 13.0 Å². The zero-order chi connectivity index (χ0) is 18.5. The Morgan fingerprint density at radius 2 is 1.85 bits per heavy atom. The van der Waals surface area contributed by atoms with Gasteiger partial charge in [-0.3, -0.25) is 9.59 Å². The SMILES string of the molecule is O=C(NCc1cccc(F)c1)c1nc(Cc2ccccc2)[nH]c(=O)c1O. The number of rotatable bonds is 5. The third-order valence-electron chi connectivity index (χ3n) is 3.72. The van der Waals surface area contributed by atoms with Crippen LogP contribution in [0.4, 0.5) is 4.39 Å². The van der Waals surface area contributed by atoms with Crippen LogP contribution in [0.3, 0.4) is 0 Å². The molecule has 1 heterocycles. The summed E-state index contributed by atoms with van der Waals surface area (Å²) < 4.78 is 13.2. The van der Waals surface area contributed by atoms with E-state index < -0.39 is 23.0 Å². The van der Waals surface area contributed by atoms with E-state index in [1.807, 2.05) is 30.3 Å². The van der Waals surface area contributed by atoms with Crippen molar-refractivity contribution >= 4 is 5.91 Å². The molecule has 2 aromatic carbocycles. The summed E-state index contributed by atoms with van der Waals surface area (Å²) in [5.74, 6) is -1.63. The summed E-state index contributed by atoms with van der Waals surface area (Å²) in [6.45, 7) is 0.0402. The lowest BCUT2D eigenvalue weighted by Crippen LogP contribution is -2.27. The van der Waals surface area contributed by atoms with Crippen LogP contribution in [0.1, 0.15) is 27.4 Å². The maximum absolute atomic E-state index is 13.2. The Morgan fingerprint density at radius 3 is 2.58 bits per heavy atom. The second kappa shape index (κ2) is 7.60. The molecule has 3 aromatic rings. The van der Waals surface area contributed by atoms with E-state index >= 15 is 0 Å². The number of aromatic nitrogens is 2. The third-order valence-corrected chi connectivity index (χ3v) is 3.72. The minimum atomic E-state index is -0.790. The van der Waals surface area contributed by atoms with Gasteiger partial charge in [-0.25, -0.2) is 9.37 Å². The molecule has 132 valence electrons. The molecular weight excluding hydrogens is 337 g/mol. The number of nitrogens with one attached hydrogen (secondary N) is 2. The Hall–Kier alpha value is -3.48. The predicted octanol–water partition coefficient (Wildman–Crippen LogP) is 2.14. The normalized spacial score (nSPS) is 10.5. The summed E-state index contributed by atoms with van der Waals surface area (Å²) in [6.07, 6.45) is 0.306. The number of aromatic hydroxyl groups is 1.